The molecule has 0 aliphatic rings. The van der Waals surface area contributed by atoms with E-state index in [0.717, 1.165) is 12.1 Å². The number of anilines is 1. The van der Waals surface area contributed by atoms with Gasteiger partial charge >= 0.3 is 0 Å². The Morgan fingerprint density at radius 2 is 2.05 bits per heavy atom. The van der Waals surface area contributed by atoms with Gasteiger partial charge in [-0.05, 0) is 36.2 Å². The van der Waals surface area contributed by atoms with E-state index in [-0.39, 0.29) is 17.8 Å². The molecule has 0 saturated carbocycles. The molecule has 0 aliphatic heterocycles. The molecule has 3 N–H and O–H groups in total. The van der Waals surface area contributed by atoms with E-state index in [1.807, 2.05) is 0 Å². The summed E-state index contributed by atoms with van der Waals surface area (Å²) in [4.78, 5) is 3.04. The molecule has 0 bridgehead atoms. The first-order chi connectivity index (χ1) is 9.85. The molecule has 2 aromatic rings. The molecule has 5 nitrogen and oxygen atoms in total. The maximum Gasteiger partial charge on any atom is 0.264 e. The van der Waals surface area contributed by atoms with E-state index in [1.54, 1.807) is 6.92 Å². The fourth-order valence-corrected chi connectivity index (χ4v) is 2.99. The first-order valence-corrected chi connectivity index (χ1v) is 7.45. The molecule has 112 valence electrons. The van der Waals surface area contributed by atoms with Crippen molar-refractivity contribution in [3.05, 3.63) is 53.4 Å². The lowest BCUT2D eigenvalue weighted by atomic mass is 10.2. The predicted molar refractivity (Wildman–Crippen MR) is 74.0 cm³/mol. The van der Waals surface area contributed by atoms with Gasteiger partial charge in [0.2, 0.25) is 0 Å². The Bertz CT molecular complexity index is 779. The molecule has 0 aliphatic carbocycles. The summed E-state index contributed by atoms with van der Waals surface area (Å²) in [6.45, 7) is 1.53. The zero-order chi connectivity index (χ0) is 15.6. The van der Waals surface area contributed by atoms with Crippen LogP contribution in [0.3, 0.4) is 0 Å². The van der Waals surface area contributed by atoms with Crippen LogP contribution in [-0.4, -0.2) is 13.4 Å². The smallest absolute Gasteiger partial charge is 0.264 e. The van der Waals surface area contributed by atoms with Crippen molar-refractivity contribution in [1.29, 1.82) is 0 Å². The number of benzene rings is 1. The molecular weight excluding hydrogens is 300 g/mol. The standard InChI is InChI=1S/C13H13F2N3O2S/c1-8-7-17-3-2-11(8)18-21(19,20)12-5-9(6-16)4-10(14)13(12)15/h2-5,7H,6,16H2,1H3,(H,17,18). The van der Waals surface area contributed by atoms with Crippen LogP contribution in [0.15, 0.2) is 35.5 Å². The summed E-state index contributed by atoms with van der Waals surface area (Å²) >= 11 is 0. The SMILES string of the molecule is Cc1cnccc1NS(=O)(=O)c1cc(CN)cc(F)c1F. The van der Waals surface area contributed by atoms with E-state index in [2.05, 4.69) is 9.71 Å². The summed E-state index contributed by atoms with van der Waals surface area (Å²) in [5.41, 5.74) is 6.32. The van der Waals surface area contributed by atoms with E-state index in [1.165, 1.54) is 18.5 Å². The van der Waals surface area contributed by atoms with Gasteiger partial charge in [-0.2, -0.15) is 0 Å². The molecule has 2 rings (SSSR count). The molecule has 0 spiro atoms. The van der Waals surface area contributed by atoms with Gasteiger partial charge in [0.25, 0.3) is 10.0 Å². The van der Waals surface area contributed by atoms with Gasteiger partial charge in [-0.25, -0.2) is 17.2 Å². The van der Waals surface area contributed by atoms with Crippen LogP contribution < -0.4 is 10.5 Å². The highest BCUT2D eigenvalue weighted by atomic mass is 32.2. The summed E-state index contributed by atoms with van der Waals surface area (Å²) < 4.78 is 53.9. The summed E-state index contributed by atoms with van der Waals surface area (Å²) in [5.74, 6) is -2.70. The zero-order valence-electron chi connectivity index (χ0n) is 11.1. The summed E-state index contributed by atoms with van der Waals surface area (Å²) in [6, 6.07) is 3.30. The van der Waals surface area contributed by atoms with Crippen molar-refractivity contribution < 1.29 is 17.2 Å². The third kappa shape index (κ3) is 3.17. The molecule has 0 saturated heterocycles. The van der Waals surface area contributed by atoms with Crippen LogP contribution in [0.2, 0.25) is 0 Å². The molecule has 1 aromatic carbocycles. The van der Waals surface area contributed by atoms with Crippen LogP contribution in [0.5, 0.6) is 0 Å². The Labute approximate surface area is 120 Å². The van der Waals surface area contributed by atoms with Gasteiger partial charge in [-0.1, -0.05) is 0 Å². The molecule has 8 heteroatoms. The van der Waals surface area contributed by atoms with Crippen molar-refractivity contribution in [3.8, 4) is 0 Å². The predicted octanol–water partition coefficient (Wildman–Crippen LogP) is 1.93. The van der Waals surface area contributed by atoms with Crippen LogP contribution in [0.4, 0.5) is 14.5 Å². The third-order valence-electron chi connectivity index (χ3n) is 2.84. The van der Waals surface area contributed by atoms with Gasteiger partial charge in [0, 0.05) is 18.9 Å². The highest BCUT2D eigenvalue weighted by Gasteiger charge is 2.23. The fourth-order valence-electron chi connectivity index (χ4n) is 1.72. The number of pyridine rings is 1. The van der Waals surface area contributed by atoms with Crippen molar-refractivity contribution in [2.24, 2.45) is 5.73 Å². The Morgan fingerprint density at radius 1 is 1.33 bits per heavy atom. The Kier molecular flexibility index (Phi) is 4.19. The Balaban J connectivity index is 2.50. The van der Waals surface area contributed by atoms with Gasteiger partial charge < -0.3 is 5.73 Å². The zero-order valence-corrected chi connectivity index (χ0v) is 11.9. The number of rotatable bonds is 4. The Morgan fingerprint density at radius 3 is 2.67 bits per heavy atom. The van der Waals surface area contributed by atoms with E-state index in [4.69, 9.17) is 5.73 Å². The van der Waals surface area contributed by atoms with Crippen LogP contribution in [-0.2, 0) is 16.6 Å². The number of sulfonamides is 1. The van der Waals surface area contributed by atoms with Crippen LogP contribution in [0.1, 0.15) is 11.1 Å². The first kappa shape index (κ1) is 15.3. The number of nitrogens with one attached hydrogen (secondary N) is 1. The number of aromatic nitrogens is 1. The van der Waals surface area contributed by atoms with Gasteiger partial charge in [-0.15, -0.1) is 0 Å². The highest BCUT2D eigenvalue weighted by molar-refractivity contribution is 7.92. The quantitative estimate of drug-likeness (QED) is 0.903. The third-order valence-corrected chi connectivity index (χ3v) is 4.21. The van der Waals surface area contributed by atoms with E-state index in [9.17, 15) is 17.2 Å². The summed E-state index contributed by atoms with van der Waals surface area (Å²) in [7, 11) is -4.27. The second-order valence-corrected chi connectivity index (χ2v) is 6.04. The topological polar surface area (TPSA) is 85.1 Å². The van der Waals surface area contributed by atoms with Crippen molar-refractivity contribution in [3.63, 3.8) is 0 Å². The summed E-state index contributed by atoms with van der Waals surface area (Å²) in [5, 5.41) is 0. The van der Waals surface area contributed by atoms with E-state index < -0.39 is 26.6 Å². The van der Waals surface area contributed by atoms with Crippen molar-refractivity contribution in [2.45, 2.75) is 18.4 Å². The Hall–Kier alpha value is -2.06. The second-order valence-electron chi connectivity index (χ2n) is 4.39. The molecule has 21 heavy (non-hydrogen) atoms. The minimum atomic E-state index is -4.27. The van der Waals surface area contributed by atoms with Crippen LogP contribution in [0, 0.1) is 18.6 Å². The number of hydrogen-bond acceptors (Lipinski definition) is 4. The highest BCUT2D eigenvalue weighted by Crippen LogP contribution is 2.23. The maximum absolute atomic E-state index is 13.8. The monoisotopic (exact) mass is 313 g/mol. The number of nitrogens with two attached hydrogens (primary N) is 1. The first-order valence-electron chi connectivity index (χ1n) is 5.96. The normalized spacial score (nSPS) is 11.4. The number of halogens is 2. The number of hydrogen-bond donors (Lipinski definition) is 2. The number of aryl methyl sites for hydroxylation is 1. The largest absolute Gasteiger partial charge is 0.326 e. The van der Waals surface area contributed by atoms with Crippen molar-refractivity contribution in [1.82, 2.24) is 4.98 Å². The van der Waals surface area contributed by atoms with Crippen molar-refractivity contribution >= 4 is 15.7 Å². The minimum Gasteiger partial charge on any atom is -0.326 e. The molecule has 1 heterocycles. The fraction of sp³-hybridized carbons (Fsp3) is 0.154. The molecule has 1 aromatic heterocycles. The second kappa shape index (κ2) is 5.74. The minimum absolute atomic E-state index is 0.103. The van der Waals surface area contributed by atoms with Crippen LogP contribution in [0.25, 0.3) is 0 Å². The van der Waals surface area contributed by atoms with Gasteiger partial charge in [0.15, 0.2) is 11.6 Å². The van der Waals surface area contributed by atoms with Crippen molar-refractivity contribution in [2.75, 3.05) is 4.72 Å². The molecule has 0 amide bonds. The van der Waals surface area contributed by atoms with E-state index >= 15 is 0 Å². The average Bonchev–Trinajstić information content (AvgIpc) is 2.43. The number of nitrogens with zero attached hydrogens (tertiary/aromatic N) is 1. The molecule has 0 unspecified atom stereocenters. The molecule has 0 radical (unpaired) electrons. The lowest BCUT2D eigenvalue weighted by Gasteiger charge is -2.12. The average molecular weight is 313 g/mol. The summed E-state index contributed by atoms with van der Waals surface area (Å²) in [6.07, 6.45) is 2.84. The lowest BCUT2D eigenvalue weighted by Crippen LogP contribution is -2.17. The molecule has 0 fully saturated rings. The van der Waals surface area contributed by atoms with Gasteiger partial charge in [0.05, 0.1) is 5.69 Å². The van der Waals surface area contributed by atoms with Gasteiger partial charge in [-0.3, -0.25) is 9.71 Å². The molecular formula is C13H13F2N3O2S. The maximum atomic E-state index is 13.8. The van der Waals surface area contributed by atoms with Gasteiger partial charge in [0.1, 0.15) is 4.90 Å². The lowest BCUT2D eigenvalue weighted by molar-refractivity contribution is 0.483. The van der Waals surface area contributed by atoms with Crippen LogP contribution >= 0.6 is 0 Å². The van der Waals surface area contributed by atoms with E-state index in [0.29, 0.717) is 5.56 Å². The molecule has 0 atom stereocenters.